The third kappa shape index (κ3) is 3.62. The number of carbonyl (C=O) groups is 1. The van der Waals surface area contributed by atoms with E-state index in [9.17, 15) is 4.79 Å². The lowest BCUT2D eigenvalue weighted by molar-refractivity contribution is 0.0951. The lowest BCUT2D eigenvalue weighted by Crippen LogP contribution is -2.33. The molecule has 0 aliphatic heterocycles. The van der Waals surface area contributed by atoms with Crippen LogP contribution in [-0.2, 0) is 12.8 Å². The Bertz CT molecular complexity index is 1340. The first kappa shape index (κ1) is 19.5. The number of carbonyl (C=O) groups excluding carboxylic acids is 1. The number of thiocarbonyl (C=S) groups is 1. The summed E-state index contributed by atoms with van der Waals surface area (Å²) in [6, 6.07) is 20.0. The Balaban J connectivity index is 1.32. The molecular formula is C26H22N2O2S. The number of rotatable bonds is 3. The summed E-state index contributed by atoms with van der Waals surface area (Å²) in [5.74, 6) is 0.496. The van der Waals surface area contributed by atoms with Gasteiger partial charge in [-0.25, -0.2) is 0 Å². The fourth-order valence-electron chi connectivity index (χ4n) is 4.18. The van der Waals surface area contributed by atoms with Gasteiger partial charge in [0.1, 0.15) is 5.76 Å². The molecule has 0 saturated heterocycles. The molecule has 1 amide bonds. The van der Waals surface area contributed by atoms with Crippen molar-refractivity contribution in [1.29, 1.82) is 0 Å². The van der Waals surface area contributed by atoms with E-state index in [4.69, 9.17) is 16.6 Å². The second-order valence-corrected chi connectivity index (χ2v) is 8.39. The molecule has 0 atom stereocenters. The van der Waals surface area contributed by atoms with Gasteiger partial charge in [0.25, 0.3) is 5.91 Å². The fourth-order valence-corrected chi connectivity index (χ4v) is 4.39. The van der Waals surface area contributed by atoms with Crippen LogP contribution in [-0.4, -0.2) is 11.0 Å². The van der Waals surface area contributed by atoms with Crippen LogP contribution in [0.15, 0.2) is 65.1 Å². The van der Waals surface area contributed by atoms with Gasteiger partial charge in [0.15, 0.2) is 10.9 Å². The first-order chi connectivity index (χ1) is 15.0. The molecule has 0 saturated carbocycles. The monoisotopic (exact) mass is 426 g/mol. The Morgan fingerprint density at radius 3 is 2.55 bits per heavy atom. The predicted octanol–water partition coefficient (Wildman–Crippen LogP) is 5.94. The fraction of sp³-hybridized carbons (Fsp3) is 0.154. The van der Waals surface area contributed by atoms with Crippen LogP contribution < -0.4 is 10.6 Å². The van der Waals surface area contributed by atoms with Crippen molar-refractivity contribution >= 4 is 39.7 Å². The normalized spacial score (nSPS) is 12.2. The van der Waals surface area contributed by atoms with Gasteiger partial charge in [-0.3, -0.25) is 10.1 Å². The molecule has 0 bridgehead atoms. The lowest BCUT2D eigenvalue weighted by Gasteiger charge is -2.12. The summed E-state index contributed by atoms with van der Waals surface area (Å²) in [7, 11) is 0. The van der Waals surface area contributed by atoms with Crippen LogP contribution in [0, 0.1) is 13.8 Å². The SMILES string of the molecule is Cc1ccc(-c2ccc(C(=O)NC(=S)Nc3ccc4c5c(cccc35)CC4)o2)cc1C. The Labute approximate surface area is 186 Å². The van der Waals surface area contributed by atoms with E-state index in [0.29, 0.717) is 5.76 Å². The third-order valence-corrected chi connectivity index (χ3v) is 6.18. The maximum atomic E-state index is 12.7. The van der Waals surface area contributed by atoms with Crippen molar-refractivity contribution in [2.75, 3.05) is 5.32 Å². The molecular weight excluding hydrogens is 404 g/mol. The second kappa shape index (κ2) is 7.67. The highest BCUT2D eigenvalue weighted by atomic mass is 32.1. The first-order valence-corrected chi connectivity index (χ1v) is 10.7. The minimum Gasteiger partial charge on any atom is -0.451 e. The van der Waals surface area contributed by atoms with E-state index in [1.807, 2.05) is 18.2 Å². The van der Waals surface area contributed by atoms with Gasteiger partial charge in [0.05, 0.1) is 0 Å². The van der Waals surface area contributed by atoms with E-state index >= 15 is 0 Å². The zero-order valence-corrected chi connectivity index (χ0v) is 18.2. The first-order valence-electron chi connectivity index (χ1n) is 10.3. The number of amides is 1. The molecule has 0 radical (unpaired) electrons. The van der Waals surface area contributed by atoms with Crippen molar-refractivity contribution < 1.29 is 9.21 Å². The summed E-state index contributed by atoms with van der Waals surface area (Å²) in [6.07, 6.45) is 2.14. The van der Waals surface area contributed by atoms with E-state index in [0.717, 1.165) is 29.5 Å². The van der Waals surface area contributed by atoms with Crippen LogP contribution in [0.1, 0.15) is 32.8 Å². The number of aryl methyl sites for hydroxylation is 4. The van der Waals surface area contributed by atoms with Gasteiger partial charge in [-0.2, -0.15) is 0 Å². The molecule has 2 N–H and O–H groups in total. The smallest absolute Gasteiger partial charge is 0.293 e. The van der Waals surface area contributed by atoms with E-state index < -0.39 is 0 Å². The standard InChI is InChI=1S/C26H22N2O2S/c1-15-6-7-19(14-16(15)2)22-12-13-23(30-22)25(29)28-26(31)27-21-11-10-18-9-8-17-4-3-5-20(21)24(17)18/h3-7,10-14H,8-9H2,1-2H3,(H2,27,28,29,31). The van der Waals surface area contributed by atoms with Gasteiger partial charge in [-0.15, -0.1) is 0 Å². The summed E-state index contributed by atoms with van der Waals surface area (Å²) >= 11 is 5.40. The van der Waals surface area contributed by atoms with Gasteiger partial charge in [-0.05, 0) is 90.8 Å². The number of anilines is 1. The minimum atomic E-state index is -0.376. The Kier molecular flexibility index (Phi) is 4.83. The number of nitrogens with one attached hydrogen (secondary N) is 2. The summed E-state index contributed by atoms with van der Waals surface area (Å²) < 4.78 is 5.79. The average Bonchev–Trinajstić information content (AvgIpc) is 3.41. The Morgan fingerprint density at radius 1 is 0.935 bits per heavy atom. The van der Waals surface area contributed by atoms with Crippen LogP contribution in [0.2, 0.25) is 0 Å². The largest absolute Gasteiger partial charge is 0.451 e. The summed E-state index contributed by atoms with van der Waals surface area (Å²) in [5.41, 5.74) is 6.95. The number of hydrogen-bond acceptors (Lipinski definition) is 3. The van der Waals surface area contributed by atoms with Crippen LogP contribution in [0.4, 0.5) is 5.69 Å². The molecule has 1 aliphatic rings. The molecule has 4 nitrogen and oxygen atoms in total. The van der Waals surface area contributed by atoms with Crippen molar-refractivity contribution in [2.45, 2.75) is 26.7 Å². The lowest BCUT2D eigenvalue weighted by atomic mass is 10.0. The number of hydrogen-bond donors (Lipinski definition) is 2. The molecule has 1 aliphatic carbocycles. The molecule has 0 unspecified atom stereocenters. The summed E-state index contributed by atoms with van der Waals surface area (Å²) in [5, 5.41) is 8.57. The summed E-state index contributed by atoms with van der Waals surface area (Å²) in [6.45, 7) is 4.12. The van der Waals surface area contributed by atoms with Crippen molar-refractivity contribution in [1.82, 2.24) is 5.32 Å². The molecule has 1 aromatic heterocycles. The molecule has 5 rings (SSSR count). The highest BCUT2D eigenvalue weighted by Gasteiger charge is 2.18. The highest BCUT2D eigenvalue weighted by Crippen LogP contribution is 2.35. The molecule has 3 aromatic carbocycles. The zero-order valence-electron chi connectivity index (χ0n) is 17.4. The molecule has 154 valence electrons. The predicted molar refractivity (Wildman–Crippen MR) is 129 cm³/mol. The quantitative estimate of drug-likeness (QED) is 0.398. The Morgan fingerprint density at radius 2 is 1.74 bits per heavy atom. The topological polar surface area (TPSA) is 54.3 Å². The molecule has 1 heterocycles. The van der Waals surface area contributed by atoms with Gasteiger partial charge in [0.2, 0.25) is 0 Å². The van der Waals surface area contributed by atoms with E-state index in [1.54, 1.807) is 12.1 Å². The van der Waals surface area contributed by atoms with Crippen LogP contribution >= 0.6 is 12.2 Å². The van der Waals surface area contributed by atoms with Gasteiger partial charge >= 0.3 is 0 Å². The maximum absolute atomic E-state index is 12.7. The van der Waals surface area contributed by atoms with E-state index in [1.165, 1.54) is 27.6 Å². The van der Waals surface area contributed by atoms with E-state index in [2.05, 4.69) is 54.8 Å². The second-order valence-electron chi connectivity index (χ2n) is 7.98. The zero-order chi connectivity index (χ0) is 21.5. The van der Waals surface area contributed by atoms with Gasteiger partial charge < -0.3 is 9.73 Å². The maximum Gasteiger partial charge on any atom is 0.293 e. The highest BCUT2D eigenvalue weighted by molar-refractivity contribution is 7.80. The van der Waals surface area contributed by atoms with Gasteiger partial charge in [-0.1, -0.05) is 36.4 Å². The number of furan rings is 1. The molecule has 0 spiro atoms. The van der Waals surface area contributed by atoms with Crippen molar-refractivity contribution in [2.24, 2.45) is 0 Å². The third-order valence-electron chi connectivity index (χ3n) is 5.97. The minimum absolute atomic E-state index is 0.220. The van der Waals surface area contributed by atoms with Crippen LogP contribution in [0.3, 0.4) is 0 Å². The molecule has 5 heteroatoms. The molecule has 0 fully saturated rings. The molecule has 31 heavy (non-hydrogen) atoms. The Hall–Kier alpha value is -3.44. The number of benzene rings is 3. The van der Waals surface area contributed by atoms with E-state index in [-0.39, 0.29) is 16.8 Å². The molecule has 4 aromatic rings. The van der Waals surface area contributed by atoms with Gasteiger partial charge in [0, 0.05) is 16.6 Å². The van der Waals surface area contributed by atoms with Crippen molar-refractivity contribution in [3.8, 4) is 11.3 Å². The van der Waals surface area contributed by atoms with Crippen LogP contribution in [0.5, 0.6) is 0 Å². The van der Waals surface area contributed by atoms with Crippen molar-refractivity contribution in [3.63, 3.8) is 0 Å². The van der Waals surface area contributed by atoms with Crippen LogP contribution in [0.25, 0.3) is 22.1 Å². The summed E-state index contributed by atoms with van der Waals surface area (Å²) in [4.78, 5) is 12.7. The van der Waals surface area contributed by atoms with Crippen molar-refractivity contribution in [3.05, 3.63) is 88.7 Å². The average molecular weight is 427 g/mol.